The molecule has 4 atom stereocenters. The number of aliphatic hydroxyl groups excluding tert-OH is 1. The highest BCUT2D eigenvalue weighted by Crippen LogP contribution is 2.41. The number of β-amino-alcohol motifs (C(OH)–C–C–N with tert-alkyl or cyclic N) is 1. The molecule has 2 aliphatic heterocycles. The Morgan fingerprint density at radius 2 is 1.42 bits per heavy atom. The van der Waals surface area contributed by atoms with E-state index in [1.165, 1.54) is 27.4 Å². The molecule has 10 heteroatoms. The lowest BCUT2D eigenvalue weighted by atomic mass is 9.90. The monoisotopic (exact) mass is 720 g/mol. The van der Waals surface area contributed by atoms with Crippen LogP contribution in [0.15, 0.2) is 84.9 Å². The number of aromatic nitrogens is 1. The summed E-state index contributed by atoms with van der Waals surface area (Å²) >= 11 is 0. The van der Waals surface area contributed by atoms with Crippen molar-refractivity contribution in [2.24, 2.45) is 0 Å². The van der Waals surface area contributed by atoms with E-state index in [2.05, 4.69) is 93.8 Å². The van der Waals surface area contributed by atoms with Crippen LogP contribution in [0.5, 0.6) is 23.0 Å². The van der Waals surface area contributed by atoms with Gasteiger partial charge in [0.1, 0.15) is 24.5 Å². The second kappa shape index (κ2) is 16.1. The van der Waals surface area contributed by atoms with Gasteiger partial charge in [-0.3, -0.25) is 14.6 Å². The number of benzene rings is 4. The van der Waals surface area contributed by atoms with Crippen LogP contribution in [0.2, 0.25) is 0 Å². The molecule has 10 nitrogen and oxygen atoms in total. The molecule has 0 radical (unpaired) electrons. The minimum atomic E-state index is -0.837. The number of methoxy groups -OCH3 is 3. The maximum absolute atomic E-state index is 14.7. The number of piperazine rings is 1. The first-order valence-electron chi connectivity index (χ1n) is 18.7. The minimum absolute atomic E-state index is 0.0395. The SMILES string of the molecule is COc1cc(OC[C@H](O)CN2CCc3ccccc3C2C(=O)N2[C@H](C)CN(CCCn3c4ccccc4c4ccccc43)C[C@@H]2C)cc(OC)c1OC. The number of rotatable bonds is 13. The summed E-state index contributed by atoms with van der Waals surface area (Å²) in [6.07, 6.45) is 0.997. The molecule has 1 fully saturated rings. The van der Waals surface area contributed by atoms with Crippen LogP contribution in [-0.2, 0) is 17.8 Å². The van der Waals surface area contributed by atoms with Gasteiger partial charge < -0.3 is 33.5 Å². The highest BCUT2D eigenvalue weighted by molar-refractivity contribution is 6.07. The molecule has 4 aromatic carbocycles. The van der Waals surface area contributed by atoms with Gasteiger partial charge >= 0.3 is 0 Å². The highest BCUT2D eigenvalue weighted by atomic mass is 16.5. The average Bonchev–Trinajstić information content (AvgIpc) is 3.49. The first kappa shape index (κ1) is 36.6. The number of nitrogens with zero attached hydrogens (tertiary/aromatic N) is 4. The van der Waals surface area contributed by atoms with E-state index in [0.29, 0.717) is 36.1 Å². The zero-order valence-electron chi connectivity index (χ0n) is 31.5. The number of para-hydroxylation sites is 2. The Bertz CT molecular complexity index is 1960. The predicted molar refractivity (Wildman–Crippen MR) is 208 cm³/mol. The Hall–Kier alpha value is -4.77. The molecule has 53 heavy (non-hydrogen) atoms. The lowest BCUT2D eigenvalue weighted by Gasteiger charge is -2.48. The normalized spacial score (nSPS) is 20.0. The van der Waals surface area contributed by atoms with Crippen molar-refractivity contribution in [2.45, 2.75) is 57.5 Å². The Morgan fingerprint density at radius 1 is 0.811 bits per heavy atom. The number of fused-ring (bicyclic) bond motifs is 4. The minimum Gasteiger partial charge on any atom is -0.493 e. The molecule has 7 rings (SSSR count). The van der Waals surface area contributed by atoms with Crippen LogP contribution in [0.25, 0.3) is 21.8 Å². The van der Waals surface area contributed by atoms with Crippen molar-refractivity contribution < 1.29 is 28.8 Å². The topological polar surface area (TPSA) is 88.9 Å². The van der Waals surface area contributed by atoms with Gasteiger partial charge in [-0.05, 0) is 49.9 Å². The Balaban J connectivity index is 1.01. The largest absolute Gasteiger partial charge is 0.493 e. The Morgan fingerprint density at radius 3 is 2.04 bits per heavy atom. The van der Waals surface area contributed by atoms with Crippen LogP contribution < -0.4 is 18.9 Å². The van der Waals surface area contributed by atoms with Gasteiger partial charge in [0.15, 0.2) is 11.5 Å². The number of aryl methyl sites for hydroxylation is 1. The van der Waals surface area contributed by atoms with Crippen molar-refractivity contribution in [3.63, 3.8) is 0 Å². The Kier molecular flexibility index (Phi) is 11.1. The van der Waals surface area contributed by atoms with Crippen LogP contribution >= 0.6 is 0 Å². The first-order valence-corrected chi connectivity index (χ1v) is 18.7. The van der Waals surface area contributed by atoms with Crippen molar-refractivity contribution in [3.05, 3.63) is 96.1 Å². The van der Waals surface area contributed by atoms with E-state index < -0.39 is 12.1 Å². The second-order valence-corrected chi connectivity index (χ2v) is 14.4. The lowest BCUT2D eigenvalue weighted by molar-refractivity contribution is -0.146. The van der Waals surface area contributed by atoms with Gasteiger partial charge in [0.05, 0.1) is 21.3 Å². The van der Waals surface area contributed by atoms with Gasteiger partial charge in [-0.2, -0.15) is 0 Å². The first-order chi connectivity index (χ1) is 25.8. The maximum Gasteiger partial charge on any atom is 0.245 e. The number of aliphatic hydroxyl groups is 1. The van der Waals surface area contributed by atoms with Gasteiger partial charge in [-0.1, -0.05) is 60.7 Å². The molecular weight excluding hydrogens is 668 g/mol. The van der Waals surface area contributed by atoms with E-state index in [1.807, 2.05) is 12.1 Å². The summed E-state index contributed by atoms with van der Waals surface area (Å²) in [5, 5.41) is 13.9. The fraction of sp³-hybridized carbons (Fsp3) is 0.419. The smallest absolute Gasteiger partial charge is 0.245 e. The number of hydrogen-bond acceptors (Lipinski definition) is 8. The van der Waals surface area contributed by atoms with Gasteiger partial charge in [0.25, 0.3) is 0 Å². The van der Waals surface area contributed by atoms with Crippen LogP contribution in [0.4, 0.5) is 0 Å². The Labute approximate surface area is 312 Å². The van der Waals surface area contributed by atoms with Gasteiger partial charge in [0, 0.05) is 85.3 Å². The summed E-state index contributed by atoms with van der Waals surface area (Å²) < 4.78 is 24.8. The molecule has 0 bridgehead atoms. The summed E-state index contributed by atoms with van der Waals surface area (Å²) in [5.41, 5.74) is 4.77. The summed E-state index contributed by atoms with van der Waals surface area (Å²) in [4.78, 5) is 21.5. The molecule has 5 aromatic rings. The highest BCUT2D eigenvalue weighted by Gasteiger charge is 2.41. The van der Waals surface area contributed by atoms with Gasteiger partial charge in [-0.15, -0.1) is 0 Å². The summed E-state index contributed by atoms with van der Waals surface area (Å²) in [6, 6.07) is 28.6. The van der Waals surface area contributed by atoms with E-state index in [-0.39, 0.29) is 24.6 Å². The van der Waals surface area contributed by atoms with E-state index in [0.717, 1.165) is 44.6 Å². The molecule has 1 saturated heterocycles. The number of carbonyl (C=O) groups excluding carboxylic acids is 1. The fourth-order valence-electron chi connectivity index (χ4n) is 8.65. The number of hydrogen-bond donors (Lipinski definition) is 1. The molecule has 280 valence electrons. The van der Waals surface area contributed by atoms with E-state index in [9.17, 15) is 9.90 Å². The van der Waals surface area contributed by atoms with Crippen molar-refractivity contribution in [1.29, 1.82) is 0 Å². The van der Waals surface area contributed by atoms with Crippen LogP contribution in [0.1, 0.15) is 37.4 Å². The second-order valence-electron chi connectivity index (χ2n) is 14.4. The lowest BCUT2D eigenvalue weighted by Crippen LogP contribution is -2.61. The zero-order chi connectivity index (χ0) is 37.1. The molecular formula is C43H52N4O6. The molecule has 1 amide bonds. The molecule has 2 aliphatic rings. The third-order valence-electron chi connectivity index (χ3n) is 10.9. The molecule has 1 aromatic heterocycles. The van der Waals surface area contributed by atoms with E-state index >= 15 is 0 Å². The standard InChI is InChI=1S/C43H52N4O6/c1-29-25-44(20-12-21-46-37-17-10-8-15-35(37)36-16-9-11-18-38(36)46)26-30(2)47(29)43(49)41-34-14-7-6-13-31(34)19-22-45(41)27-32(48)28-53-33-23-39(50-3)42(52-5)40(24-33)51-4/h6-11,13-18,23-24,29-30,32,41,48H,12,19-22,25-28H2,1-5H3/t29-,30+,32-,41?/m1/s1. The zero-order valence-corrected chi connectivity index (χ0v) is 31.5. The summed E-state index contributed by atoms with van der Waals surface area (Å²) in [5.74, 6) is 2.01. The summed E-state index contributed by atoms with van der Waals surface area (Å²) in [6.45, 7) is 8.90. The molecule has 0 spiro atoms. The van der Waals surface area contributed by atoms with Crippen molar-refractivity contribution >= 4 is 27.7 Å². The molecule has 0 saturated carbocycles. The quantitative estimate of drug-likeness (QED) is 0.155. The van der Waals surface area contributed by atoms with E-state index in [1.54, 1.807) is 33.5 Å². The van der Waals surface area contributed by atoms with Gasteiger partial charge in [0.2, 0.25) is 11.7 Å². The average molecular weight is 721 g/mol. The van der Waals surface area contributed by atoms with Crippen LogP contribution in [0, 0.1) is 0 Å². The maximum atomic E-state index is 14.7. The molecule has 0 aliphatic carbocycles. The third kappa shape index (κ3) is 7.40. The number of carbonyl (C=O) groups is 1. The van der Waals surface area contributed by atoms with Crippen LogP contribution in [0.3, 0.4) is 0 Å². The van der Waals surface area contributed by atoms with Crippen molar-refractivity contribution in [2.75, 3.05) is 60.7 Å². The third-order valence-corrected chi connectivity index (χ3v) is 10.9. The van der Waals surface area contributed by atoms with Crippen molar-refractivity contribution in [1.82, 2.24) is 19.3 Å². The summed E-state index contributed by atoms with van der Waals surface area (Å²) in [7, 11) is 4.66. The van der Waals surface area contributed by atoms with Gasteiger partial charge in [-0.25, -0.2) is 0 Å². The van der Waals surface area contributed by atoms with Crippen LogP contribution in [-0.4, -0.2) is 109 Å². The molecule has 1 N–H and O–H groups in total. The molecule has 3 heterocycles. The van der Waals surface area contributed by atoms with E-state index in [4.69, 9.17) is 18.9 Å². The number of ether oxygens (including phenoxy) is 4. The number of amides is 1. The molecule has 1 unspecified atom stereocenters. The van der Waals surface area contributed by atoms with Crippen molar-refractivity contribution in [3.8, 4) is 23.0 Å². The fourth-order valence-corrected chi connectivity index (χ4v) is 8.65. The predicted octanol–water partition coefficient (Wildman–Crippen LogP) is 6.17.